The fourth-order valence-corrected chi connectivity index (χ4v) is 1.72. The van der Waals surface area contributed by atoms with Gasteiger partial charge in [-0.05, 0) is 54.1 Å². The zero-order valence-electron chi connectivity index (χ0n) is 11.5. The van der Waals surface area contributed by atoms with Crippen molar-refractivity contribution in [1.82, 2.24) is 5.43 Å². The van der Waals surface area contributed by atoms with Crippen molar-refractivity contribution in [3.05, 3.63) is 64.7 Å². The second-order valence-electron chi connectivity index (χ2n) is 4.22. The van der Waals surface area contributed by atoms with Gasteiger partial charge in [-0.3, -0.25) is 4.79 Å². The van der Waals surface area contributed by atoms with E-state index in [1.165, 1.54) is 6.21 Å². The molecule has 0 radical (unpaired) electrons. The Balaban J connectivity index is 1.90. The number of hydrogen-bond donors (Lipinski definition) is 1. The molecule has 0 spiro atoms. The lowest BCUT2D eigenvalue weighted by atomic mass is 10.2. The third-order valence-corrected chi connectivity index (χ3v) is 2.92. The first-order chi connectivity index (χ1) is 10.7. The smallest absolute Gasteiger partial charge is 0.271 e. The molecule has 0 bridgehead atoms. The molecule has 0 aromatic heterocycles. The summed E-state index contributed by atoms with van der Waals surface area (Å²) in [5.41, 5.74) is 3.70. The molecule has 0 saturated heterocycles. The first kappa shape index (κ1) is 15.5. The molecular formula is C16H12ClN3O2. The highest BCUT2D eigenvalue weighted by molar-refractivity contribution is 6.30. The van der Waals surface area contributed by atoms with Crippen LogP contribution in [0, 0.1) is 11.3 Å². The Morgan fingerprint density at radius 3 is 2.55 bits per heavy atom. The summed E-state index contributed by atoms with van der Waals surface area (Å²) in [6, 6.07) is 15.4. The summed E-state index contributed by atoms with van der Waals surface area (Å²) in [4.78, 5) is 11.8. The van der Waals surface area contributed by atoms with Crippen LogP contribution in [-0.2, 0) is 0 Å². The van der Waals surface area contributed by atoms with Gasteiger partial charge in [0.1, 0.15) is 11.8 Å². The number of nitriles is 1. The van der Waals surface area contributed by atoms with E-state index in [9.17, 15) is 4.79 Å². The average Bonchev–Trinajstić information content (AvgIpc) is 2.54. The van der Waals surface area contributed by atoms with Crippen molar-refractivity contribution in [2.45, 2.75) is 0 Å². The number of rotatable bonds is 5. The van der Waals surface area contributed by atoms with Crippen LogP contribution < -0.4 is 10.2 Å². The van der Waals surface area contributed by atoms with Gasteiger partial charge in [0.15, 0.2) is 6.61 Å². The zero-order valence-corrected chi connectivity index (χ0v) is 12.2. The molecule has 0 aliphatic carbocycles. The minimum atomic E-state index is -0.318. The monoisotopic (exact) mass is 313 g/mol. The Labute approximate surface area is 132 Å². The lowest BCUT2D eigenvalue weighted by Gasteiger charge is -2.01. The summed E-state index contributed by atoms with van der Waals surface area (Å²) in [5.74, 6) is 0.283. The molecule has 2 aromatic rings. The number of ether oxygens (including phenoxy) is 1. The van der Waals surface area contributed by atoms with Crippen molar-refractivity contribution in [3.63, 3.8) is 0 Å². The van der Waals surface area contributed by atoms with Gasteiger partial charge >= 0.3 is 0 Å². The predicted octanol–water partition coefficient (Wildman–Crippen LogP) is 3.01. The van der Waals surface area contributed by atoms with E-state index in [0.29, 0.717) is 16.3 Å². The van der Waals surface area contributed by atoms with Crippen LogP contribution in [0.3, 0.4) is 0 Å². The largest absolute Gasteiger partial charge is 0.479 e. The van der Waals surface area contributed by atoms with Gasteiger partial charge in [-0.15, -0.1) is 0 Å². The molecule has 1 N–H and O–H groups in total. The maximum Gasteiger partial charge on any atom is 0.271 e. The fourth-order valence-electron chi connectivity index (χ4n) is 1.60. The Morgan fingerprint density at radius 1 is 1.23 bits per heavy atom. The fraction of sp³-hybridized carbons (Fsp3) is 0.0625. The molecule has 2 rings (SSSR count). The Kier molecular flexibility index (Phi) is 5.52. The van der Waals surface area contributed by atoms with Crippen molar-refractivity contribution in [2.75, 3.05) is 6.61 Å². The average molecular weight is 314 g/mol. The number of benzene rings is 2. The van der Waals surface area contributed by atoms with Crippen LogP contribution in [0.4, 0.5) is 0 Å². The molecule has 0 unspecified atom stereocenters. The second kappa shape index (κ2) is 7.81. The zero-order chi connectivity index (χ0) is 15.8. The van der Waals surface area contributed by atoms with Gasteiger partial charge in [0.25, 0.3) is 5.91 Å². The minimum absolute atomic E-state index is 0.00455. The van der Waals surface area contributed by atoms with Gasteiger partial charge in [-0.2, -0.15) is 10.4 Å². The summed E-state index contributed by atoms with van der Waals surface area (Å²) in [5, 5.41) is 12.9. The van der Waals surface area contributed by atoms with Crippen molar-refractivity contribution >= 4 is 23.7 Å². The van der Waals surface area contributed by atoms with E-state index >= 15 is 0 Å². The SMILES string of the molecule is N#CCOc1ccc(C=NNC(=O)c2ccc(Cl)cc2)cc1. The van der Waals surface area contributed by atoms with Gasteiger partial charge in [-0.25, -0.2) is 5.43 Å². The molecular weight excluding hydrogens is 302 g/mol. The number of hydrazone groups is 1. The molecule has 5 nitrogen and oxygen atoms in total. The molecule has 0 aliphatic rings. The highest BCUT2D eigenvalue weighted by Gasteiger charge is 2.02. The standard InChI is InChI=1S/C16H12ClN3O2/c17-14-5-3-13(4-6-14)16(21)20-19-11-12-1-7-15(8-2-12)22-10-9-18/h1-8,11H,10H2,(H,20,21). The molecule has 0 fully saturated rings. The predicted molar refractivity (Wildman–Crippen MR) is 84.1 cm³/mol. The number of nitrogens with zero attached hydrogens (tertiary/aromatic N) is 2. The van der Waals surface area contributed by atoms with Crippen molar-refractivity contribution < 1.29 is 9.53 Å². The summed E-state index contributed by atoms with van der Waals surface area (Å²) >= 11 is 5.76. The van der Waals surface area contributed by atoms with Crippen molar-refractivity contribution in [1.29, 1.82) is 5.26 Å². The molecule has 0 atom stereocenters. The van der Waals surface area contributed by atoms with Crippen LogP contribution >= 0.6 is 11.6 Å². The molecule has 0 saturated carbocycles. The third kappa shape index (κ3) is 4.62. The van der Waals surface area contributed by atoms with Crippen LogP contribution in [0.25, 0.3) is 0 Å². The normalized spacial score (nSPS) is 10.2. The summed E-state index contributed by atoms with van der Waals surface area (Å²) < 4.78 is 5.13. The minimum Gasteiger partial charge on any atom is -0.479 e. The van der Waals surface area contributed by atoms with Crippen LogP contribution in [0.5, 0.6) is 5.75 Å². The Morgan fingerprint density at radius 2 is 1.91 bits per heavy atom. The lowest BCUT2D eigenvalue weighted by molar-refractivity contribution is 0.0955. The van der Waals surface area contributed by atoms with Gasteiger partial charge < -0.3 is 4.74 Å². The summed E-state index contributed by atoms with van der Waals surface area (Å²) in [6.07, 6.45) is 1.52. The molecule has 22 heavy (non-hydrogen) atoms. The highest BCUT2D eigenvalue weighted by Crippen LogP contribution is 2.11. The van der Waals surface area contributed by atoms with E-state index in [1.807, 2.05) is 6.07 Å². The van der Waals surface area contributed by atoms with Gasteiger partial charge in [0.2, 0.25) is 0 Å². The van der Waals surface area contributed by atoms with E-state index < -0.39 is 0 Å². The van der Waals surface area contributed by atoms with Crippen LogP contribution in [0.2, 0.25) is 5.02 Å². The first-order valence-electron chi connectivity index (χ1n) is 6.38. The summed E-state index contributed by atoms with van der Waals surface area (Å²) in [6.45, 7) is 0.00455. The Hall–Kier alpha value is -2.84. The van der Waals surface area contributed by atoms with E-state index in [4.69, 9.17) is 21.6 Å². The molecule has 2 aromatic carbocycles. The number of carbonyl (C=O) groups excluding carboxylic acids is 1. The van der Waals surface area contributed by atoms with Gasteiger partial charge in [0.05, 0.1) is 6.21 Å². The van der Waals surface area contributed by atoms with Gasteiger partial charge in [-0.1, -0.05) is 11.6 Å². The number of hydrogen-bond acceptors (Lipinski definition) is 4. The van der Waals surface area contributed by atoms with E-state index in [1.54, 1.807) is 48.5 Å². The maximum absolute atomic E-state index is 11.8. The third-order valence-electron chi connectivity index (χ3n) is 2.67. The molecule has 6 heteroatoms. The maximum atomic E-state index is 11.8. The van der Waals surface area contributed by atoms with Crippen LogP contribution in [0.1, 0.15) is 15.9 Å². The van der Waals surface area contributed by atoms with Gasteiger partial charge in [0, 0.05) is 10.6 Å². The van der Waals surface area contributed by atoms with Crippen LogP contribution in [0.15, 0.2) is 53.6 Å². The van der Waals surface area contributed by atoms with E-state index in [0.717, 1.165) is 5.56 Å². The van der Waals surface area contributed by atoms with Crippen molar-refractivity contribution in [3.8, 4) is 11.8 Å². The number of nitrogens with one attached hydrogen (secondary N) is 1. The molecule has 0 heterocycles. The molecule has 110 valence electrons. The van der Waals surface area contributed by atoms with Crippen LogP contribution in [-0.4, -0.2) is 18.7 Å². The topological polar surface area (TPSA) is 74.5 Å². The number of halogens is 1. The van der Waals surface area contributed by atoms with E-state index in [-0.39, 0.29) is 12.5 Å². The number of carbonyl (C=O) groups is 1. The first-order valence-corrected chi connectivity index (χ1v) is 6.75. The van der Waals surface area contributed by atoms with E-state index in [2.05, 4.69) is 10.5 Å². The Bertz CT molecular complexity index is 704. The molecule has 1 amide bonds. The lowest BCUT2D eigenvalue weighted by Crippen LogP contribution is -2.17. The quantitative estimate of drug-likeness (QED) is 0.681. The highest BCUT2D eigenvalue weighted by atomic mass is 35.5. The second-order valence-corrected chi connectivity index (χ2v) is 4.66. The summed E-state index contributed by atoms with van der Waals surface area (Å²) in [7, 11) is 0. The molecule has 0 aliphatic heterocycles. The van der Waals surface area contributed by atoms with Crippen molar-refractivity contribution in [2.24, 2.45) is 5.10 Å². The number of amides is 1.